The molecule has 1 saturated heterocycles. The van der Waals surface area contributed by atoms with Crippen molar-refractivity contribution in [3.63, 3.8) is 0 Å². The summed E-state index contributed by atoms with van der Waals surface area (Å²) in [5, 5.41) is 2.85. The van der Waals surface area contributed by atoms with E-state index in [-0.39, 0.29) is 18.3 Å². The summed E-state index contributed by atoms with van der Waals surface area (Å²) >= 11 is 0. The Morgan fingerprint density at radius 1 is 1.15 bits per heavy atom. The van der Waals surface area contributed by atoms with Crippen molar-refractivity contribution in [2.75, 3.05) is 19.7 Å². The van der Waals surface area contributed by atoms with Gasteiger partial charge in [0.05, 0.1) is 19.7 Å². The highest BCUT2D eigenvalue weighted by Crippen LogP contribution is 2.21. The van der Waals surface area contributed by atoms with Gasteiger partial charge in [0.2, 0.25) is 0 Å². The minimum absolute atomic E-state index is 0.0925. The molecule has 6 heteroatoms. The van der Waals surface area contributed by atoms with Gasteiger partial charge >= 0.3 is 5.97 Å². The zero-order valence-electron chi connectivity index (χ0n) is 15.4. The maximum absolute atomic E-state index is 12.3. The first-order chi connectivity index (χ1) is 13.2. The molecule has 1 unspecified atom stereocenters. The minimum atomic E-state index is -0.434. The van der Waals surface area contributed by atoms with Crippen molar-refractivity contribution in [3.05, 3.63) is 60.2 Å². The number of hydrogen-bond donors (Lipinski definition) is 2. The lowest BCUT2D eigenvalue weighted by atomic mass is 10.1. The van der Waals surface area contributed by atoms with Crippen LogP contribution in [0.3, 0.4) is 0 Å². The Hall–Kier alpha value is -2.86. The number of hydrogen-bond acceptors (Lipinski definition) is 4. The zero-order valence-corrected chi connectivity index (χ0v) is 15.4. The molecule has 2 atom stereocenters. The van der Waals surface area contributed by atoms with Gasteiger partial charge in [-0.15, -0.1) is 0 Å². The van der Waals surface area contributed by atoms with Gasteiger partial charge in [-0.25, -0.2) is 0 Å². The Morgan fingerprint density at radius 2 is 1.93 bits per heavy atom. The number of para-hydroxylation sites is 1. The van der Waals surface area contributed by atoms with Gasteiger partial charge in [0.25, 0.3) is 5.91 Å². The topological polar surface area (TPSA) is 69.1 Å². The summed E-state index contributed by atoms with van der Waals surface area (Å²) < 4.78 is 10.9. The third-order valence-electron chi connectivity index (χ3n) is 4.54. The van der Waals surface area contributed by atoms with E-state index >= 15 is 0 Å². The largest absolute Gasteiger partial charge is 0.466 e. The van der Waals surface area contributed by atoms with Gasteiger partial charge in [0.15, 0.2) is 6.04 Å². The van der Waals surface area contributed by atoms with Crippen LogP contribution in [0.2, 0.25) is 0 Å². The molecule has 2 aromatic rings. The molecule has 0 spiro atoms. The number of carbonyl (C=O) groups is 2. The summed E-state index contributed by atoms with van der Waals surface area (Å²) in [6.07, 6.45) is 0.0925. The lowest BCUT2D eigenvalue weighted by Crippen LogP contribution is -3.18. The van der Waals surface area contributed by atoms with Crippen LogP contribution in [-0.4, -0.2) is 37.6 Å². The number of benzene rings is 2. The van der Waals surface area contributed by atoms with Crippen LogP contribution in [-0.2, 0) is 20.9 Å². The maximum atomic E-state index is 12.3. The van der Waals surface area contributed by atoms with E-state index in [1.165, 1.54) is 0 Å². The predicted molar refractivity (Wildman–Crippen MR) is 101 cm³/mol. The van der Waals surface area contributed by atoms with Crippen LogP contribution in [0, 0.1) is 0 Å². The van der Waals surface area contributed by atoms with E-state index < -0.39 is 6.04 Å². The number of esters is 1. The van der Waals surface area contributed by atoms with Crippen LogP contribution < -0.4 is 15.0 Å². The van der Waals surface area contributed by atoms with Crippen molar-refractivity contribution in [2.45, 2.75) is 25.9 Å². The average Bonchev–Trinajstić information content (AvgIpc) is 2.66. The summed E-state index contributed by atoms with van der Waals surface area (Å²) in [5.74, 6) is 1.10. The molecular weight excluding hydrogens is 344 g/mol. The van der Waals surface area contributed by atoms with Gasteiger partial charge in [-0.1, -0.05) is 30.3 Å². The Balaban J connectivity index is 1.69. The van der Waals surface area contributed by atoms with Crippen molar-refractivity contribution in [3.8, 4) is 11.5 Å². The SMILES string of the molecule is CCOC(=O)C[C@@H]1C(=O)NCC[NH+]1Cc1cccc(Oc2ccccc2)c1. The standard InChI is InChI=1S/C21H24N2O4/c1-2-26-20(24)14-19-21(25)22-11-12-23(19)15-16-7-6-10-18(13-16)27-17-8-4-3-5-9-17/h3-10,13,19H,2,11-12,14-15H2,1H3,(H,22,25)/p+1/t19-/m1/s1. The average molecular weight is 369 g/mol. The van der Waals surface area contributed by atoms with Gasteiger partial charge in [0, 0.05) is 5.56 Å². The molecule has 2 aromatic carbocycles. The van der Waals surface area contributed by atoms with Crippen LogP contribution in [0.1, 0.15) is 18.9 Å². The van der Waals surface area contributed by atoms with E-state index in [4.69, 9.17) is 9.47 Å². The lowest BCUT2D eigenvalue weighted by Gasteiger charge is -2.31. The Labute approximate surface area is 159 Å². The van der Waals surface area contributed by atoms with Gasteiger partial charge in [-0.05, 0) is 31.2 Å². The van der Waals surface area contributed by atoms with Crippen molar-refractivity contribution < 1.29 is 24.0 Å². The second kappa shape index (κ2) is 9.19. The number of quaternary nitrogens is 1. The highest BCUT2D eigenvalue weighted by molar-refractivity contribution is 5.85. The molecule has 27 heavy (non-hydrogen) atoms. The van der Waals surface area contributed by atoms with E-state index in [2.05, 4.69) is 5.32 Å². The summed E-state index contributed by atoms with van der Waals surface area (Å²) in [6, 6.07) is 17.0. The van der Waals surface area contributed by atoms with E-state index in [0.717, 1.165) is 28.5 Å². The Bertz CT molecular complexity index is 779. The second-order valence-electron chi connectivity index (χ2n) is 6.50. The molecule has 0 aromatic heterocycles. The fourth-order valence-electron chi connectivity index (χ4n) is 3.27. The minimum Gasteiger partial charge on any atom is -0.466 e. The summed E-state index contributed by atoms with van der Waals surface area (Å²) in [4.78, 5) is 25.2. The van der Waals surface area contributed by atoms with Crippen molar-refractivity contribution >= 4 is 11.9 Å². The number of amides is 1. The normalized spacial score (nSPS) is 19.2. The molecule has 1 aliphatic heterocycles. The van der Waals surface area contributed by atoms with Crippen LogP contribution in [0.15, 0.2) is 54.6 Å². The summed E-state index contributed by atoms with van der Waals surface area (Å²) in [6.45, 7) is 4.10. The molecule has 1 amide bonds. The monoisotopic (exact) mass is 369 g/mol. The molecule has 0 saturated carbocycles. The first-order valence-corrected chi connectivity index (χ1v) is 9.25. The van der Waals surface area contributed by atoms with Crippen LogP contribution in [0.25, 0.3) is 0 Å². The van der Waals surface area contributed by atoms with Gasteiger partial charge < -0.3 is 19.7 Å². The molecule has 1 aliphatic rings. The first kappa shape index (κ1) is 18.9. The van der Waals surface area contributed by atoms with Crippen molar-refractivity contribution in [1.82, 2.24) is 5.32 Å². The highest BCUT2D eigenvalue weighted by atomic mass is 16.5. The zero-order chi connectivity index (χ0) is 19.1. The highest BCUT2D eigenvalue weighted by Gasteiger charge is 2.35. The van der Waals surface area contributed by atoms with Gasteiger partial charge in [-0.3, -0.25) is 9.59 Å². The molecule has 0 aliphatic carbocycles. The van der Waals surface area contributed by atoms with Gasteiger partial charge in [0.1, 0.15) is 24.5 Å². The number of piperazine rings is 1. The molecule has 2 N–H and O–H groups in total. The van der Waals surface area contributed by atoms with Crippen LogP contribution >= 0.6 is 0 Å². The smallest absolute Gasteiger partial charge is 0.312 e. The quantitative estimate of drug-likeness (QED) is 0.723. The van der Waals surface area contributed by atoms with E-state index in [1.54, 1.807) is 6.92 Å². The molecular formula is C21H25N2O4+. The van der Waals surface area contributed by atoms with Crippen molar-refractivity contribution in [2.24, 2.45) is 0 Å². The lowest BCUT2D eigenvalue weighted by molar-refractivity contribution is -0.930. The molecule has 1 heterocycles. The molecule has 6 nitrogen and oxygen atoms in total. The Morgan fingerprint density at radius 3 is 2.70 bits per heavy atom. The van der Waals surface area contributed by atoms with Crippen LogP contribution in [0.5, 0.6) is 11.5 Å². The van der Waals surface area contributed by atoms with Crippen molar-refractivity contribution in [1.29, 1.82) is 0 Å². The number of ether oxygens (including phenoxy) is 2. The molecule has 1 fully saturated rings. The second-order valence-corrected chi connectivity index (χ2v) is 6.50. The summed E-state index contributed by atoms with van der Waals surface area (Å²) in [5.41, 5.74) is 1.06. The van der Waals surface area contributed by atoms with Gasteiger partial charge in [-0.2, -0.15) is 0 Å². The number of rotatable bonds is 7. The summed E-state index contributed by atoms with van der Waals surface area (Å²) in [7, 11) is 0. The molecule has 142 valence electrons. The first-order valence-electron chi connectivity index (χ1n) is 9.25. The molecule has 0 bridgehead atoms. The van der Waals surface area contributed by atoms with E-state index in [1.807, 2.05) is 54.6 Å². The third-order valence-corrected chi connectivity index (χ3v) is 4.54. The Kier molecular flexibility index (Phi) is 6.44. The molecule has 0 radical (unpaired) electrons. The fourth-order valence-corrected chi connectivity index (χ4v) is 3.27. The molecule has 3 rings (SSSR count). The van der Waals surface area contributed by atoms with E-state index in [9.17, 15) is 9.59 Å². The third kappa shape index (κ3) is 5.31. The number of nitrogens with one attached hydrogen (secondary N) is 2. The van der Waals surface area contributed by atoms with E-state index in [0.29, 0.717) is 19.7 Å². The maximum Gasteiger partial charge on any atom is 0.312 e. The van der Waals surface area contributed by atoms with Crippen LogP contribution in [0.4, 0.5) is 0 Å². The number of carbonyl (C=O) groups excluding carboxylic acids is 2. The fraction of sp³-hybridized carbons (Fsp3) is 0.333. The predicted octanol–water partition coefficient (Wildman–Crippen LogP) is 1.32.